The monoisotopic (exact) mass is 365 g/mol. The van der Waals surface area contributed by atoms with Gasteiger partial charge in [-0.3, -0.25) is 0 Å². The summed E-state index contributed by atoms with van der Waals surface area (Å²) in [6.45, 7) is 3.91. The normalized spacial score (nSPS) is 12.0. The number of hydrogen-bond acceptors (Lipinski definition) is 2. The van der Waals surface area contributed by atoms with Crippen LogP contribution in [0.15, 0.2) is 24.3 Å². The Kier molecular flexibility index (Phi) is 9.48. The average molecular weight is 365 g/mol. The second kappa shape index (κ2) is 9.51. The molecule has 0 heterocycles. The fraction of sp³-hybridized carbons (Fsp3) is 0.545. The van der Waals surface area contributed by atoms with Crippen LogP contribution in [0.2, 0.25) is 0 Å². The topological polar surface area (TPSA) is 12.5 Å². The first-order chi connectivity index (χ1) is 6.66. The van der Waals surface area contributed by atoms with E-state index in [4.69, 9.17) is 4.74 Å². The first kappa shape index (κ1) is 14.0. The number of hydrogen-bond donors (Lipinski definition) is 0. The van der Waals surface area contributed by atoms with Gasteiger partial charge < -0.3 is 0 Å². The minimum absolute atomic E-state index is 0.817. The number of allylic oxidation sites excluding steroid dienone is 3. The van der Waals surface area contributed by atoms with Gasteiger partial charge in [-0.25, -0.2) is 0 Å². The van der Waals surface area contributed by atoms with Crippen LogP contribution in [0.25, 0.3) is 0 Å². The fourth-order valence-corrected chi connectivity index (χ4v) is 1.43. The minimum atomic E-state index is 0.817. The molecule has 0 radical (unpaired) electrons. The Balaban J connectivity index is 3.45. The summed E-state index contributed by atoms with van der Waals surface area (Å²) in [5, 5.41) is 0. The van der Waals surface area contributed by atoms with E-state index in [9.17, 15) is 0 Å². The molecule has 0 saturated carbocycles. The average Bonchev–Trinajstić information content (AvgIpc) is 2.13. The molecule has 2 nitrogen and oxygen atoms in total. The Bertz CT molecular complexity index is 209. The Hall–Kier alpha value is -0.0417. The van der Waals surface area contributed by atoms with Crippen LogP contribution in [0.5, 0.6) is 0 Å². The van der Waals surface area contributed by atoms with E-state index in [0.29, 0.717) is 0 Å². The van der Waals surface area contributed by atoms with Gasteiger partial charge in [0.2, 0.25) is 0 Å². The van der Waals surface area contributed by atoms with Gasteiger partial charge in [0, 0.05) is 0 Å². The molecule has 0 unspecified atom stereocenters. The zero-order chi connectivity index (χ0) is 10.8. The van der Waals surface area contributed by atoms with Crippen molar-refractivity contribution in [2.45, 2.75) is 13.3 Å². The predicted molar refractivity (Wildman–Crippen MR) is 58.1 cm³/mol. The van der Waals surface area contributed by atoms with Crippen LogP contribution in [0.1, 0.15) is 13.3 Å². The van der Waals surface area contributed by atoms with Crippen LogP contribution in [0.4, 0.5) is 0 Å². The molecule has 0 atom stereocenters. The Morgan fingerprint density at radius 1 is 1.36 bits per heavy atom. The Morgan fingerprint density at radius 2 is 2.07 bits per heavy atom. The SMILES string of the molecule is C/C=C/C=C\[C](=[W])OCCCN(C)C. The van der Waals surface area contributed by atoms with Crippen molar-refractivity contribution in [3.63, 3.8) is 0 Å². The standard InChI is InChI=1S/C11H19NO.W/c1-4-5-6-7-10-13-11-8-9-12(2)3;/h4-7H,8-9,11H2,1-3H3;/b5-4+,7-6-;. The molecular formula is C11H19NOW. The van der Waals surface area contributed by atoms with Crippen LogP contribution in [-0.2, 0) is 24.1 Å². The summed E-state index contributed by atoms with van der Waals surface area (Å²) >= 11 is 1.38. The van der Waals surface area contributed by atoms with Crippen LogP contribution in [-0.4, -0.2) is 36.2 Å². The molecule has 0 rings (SSSR count). The summed E-state index contributed by atoms with van der Waals surface area (Å²) in [6.07, 6.45) is 9.12. The maximum atomic E-state index is 5.55. The third-order valence-corrected chi connectivity index (χ3v) is 2.44. The zero-order valence-electron chi connectivity index (χ0n) is 9.19. The van der Waals surface area contributed by atoms with Crippen LogP contribution < -0.4 is 0 Å². The first-order valence-corrected chi connectivity index (χ1v) is 6.24. The van der Waals surface area contributed by atoms with Gasteiger partial charge in [-0.15, -0.1) is 0 Å². The molecule has 0 aromatic rings. The van der Waals surface area contributed by atoms with Crippen molar-refractivity contribution in [1.82, 2.24) is 4.90 Å². The van der Waals surface area contributed by atoms with Crippen molar-refractivity contribution >= 4 is 4.08 Å². The molecule has 0 N–H and O–H groups in total. The molecule has 0 aromatic carbocycles. The van der Waals surface area contributed by atoms with Crippen LogP contribution in [0.3, 0.4) is 0 Å². The molecule has 0 aliphatic heterocycles. The maximum absolute atomic E-state index is 5.55. The first-order valence-electron chi connectivity index (χ1n) is 4.77. The van der Waals surface area contributed by atoms with E-state index < -0.39 is 0 Å². The van der Waals surface area contributed by atoms with Gasteiger partial charge in [0.1, 0.15) is 0 Å². The number of nitrogens with zero attached hydrogens (tertiary/aromatic N) is 1. The van der Waals surface area contributed by atoms with Gasteiger partial charge in [-0.2, -0.15) is 0 Å². The summed E-state index contributed by atoms with van der Waals surface area (Å²) in [5.74, 6) is 0. The summed E-state index contributed by atoms with van der Waals surface area (Å²) in [7, 11) is 4.15. The van der Waals surface area contributed by atoms with E-state index in [-0.39, 0.29) is 0 Å². The van der Waals surface area contributed by atoms with Crippen molar-refractivity contribution in [2.24, 2.45) is 0 Å². The molecule has 3 heteroatoms. The third-order valence-electron chi connectivity index (χ3n) is 1.53. The molecule has 0 aliphatic rings. The summed E-state index contributed by atoms with van der Waals surface area (Å²) in [5.41, 5.74) is 0. The Labute approximate surface area is 98.0 Å². The summed E-state index contributed by atoms with van der Waals surface area (Å²) in [4.78, 5) is 2.17. The molecule has 0 saturated heterocycles. The van der Waals surface area contributed by atoms with Crippen molar-refractivity contribution in [2.75, 3.05) is 27.2 Å². The molecule has 80 valence electrons. The molecule has 14 heavy (non-hydrogen) atoms. The fourth-order valence-electron chi connectivity index (χ4n) is 0.847. The van der Waals surface area contributed by atoms with Crippen LogP contribution >= 0.6 is 0 Å². The molecule has 0 fully saturated rings. The van der Waals surface area contributed by atoms with Gasteiger partial charge >= 0.3 is 98.0 Å². The predicted octanol–water partition coefficient (Wildman–Crippen LogP) is 1.76. The van der Waals surface area contributed by atoms with Gasteiger partial charge in [0.05, 0.1) is 0 Å². The second-order valence-electron chi connectivity index (χ2n) is 3.21. The van der Waals surface area contributed by atoms with E-state index >= 15 is 0 Å². The molecule has 0 bridgehead atoms. The van der Waals surface area contributed by atoms with Crippen molar-refractivity contribution in [3.05, 3.63) is 24.3 Å². The molecule has 0 amide bonds. The zero-order valence-corrected chi connectivity index (χ0v) is 12.1. The summed E-state index contributed by atoms with van der Waals surface area (Å²) < 4.78 is 6.60. The van der Waals surface area contributed by atoms with Crippen molar-refractivity contribution < 1.29 is 24.1 Å². The van der Waals surface area contributed by atoms with E-state index in [2.05, 4.69) is 19.0 Å². The number of rotatable bonds is 7. The summed E-state index contributed by atoms with van der Waals surface area (Å²) in [6, 6.07) is 0. The van der Waals surface area contributed by atoms with E-state index in [1.54, 1.807) is 0 Å². The quantitative estimate of drug-likeness (QED) is 0.504. The van der Waals surface area contributed by atoms with E-state index in [0.717, 1.165) is 23.7 Å². The molecular weight excluding hydrogens is 346 g/mol. The number of ether oxygens (including phenoxy) is 1. The van der Waals surface area contributed by atoms with E-state index in [1.807, 2.05) is 31.2 Å². The van der Waals surface area contributed by atoms with E-state index in [1.165, 1.54) is 19.4 Å². The van der Waals surface area contributed by atoms with Crippen molar-refractivity contribution in [3.8, 4) is 0 Å². The van der Waals surface area contributed by atoms with Gasteiger partial charge in [0.15, 0.2) is 0 Å². The van der Waals surface area contributed by atoms with Gasteiger partial charge in [0.25, 0.3) is 0 Å². The van der Waals surface area contributed by atoms with Crippen LogP contribution in [0, 0.1) is 0 Å². The van der Waals surface area contributed by atoms with Gasteiger partial charge in [-0.05, 0) is 0 Å². The molecule has 0 aliphatic carbocycles. The van der Waals surface area contributed by atoms with Gasteiger partial charge in [-0.1, -0.05) is 0 Å². The molecule has 0 aromatic heterocycles. The second-order valence-corrected chi connectivity index (χ2v) is 4.65. The van der Waals surface area contributed by atoms with Crippen molar-refractivity contribution in [1.29, 1.82) is 0 Å². The molecule has 0 spiro atoms. The Morgan fingerprint density at radius 3 is 2.64 bits per heavy atom. The third kappa shape index (κ3) is 10.0.